The molecule has 80 valence electrons. The highest BCUT2D eigenvalue weighted by atomic mass is 15.1. The van der Waals surface area contributed by atoms with Gasteiger partial charge in [0.25, 0.3) is 0 Å². The number of nitrogens with zero attached hydrogens (tertiary/aromatic N) is 2. The molecule has 0 spiro atoms. The molecule has 1 saturated carbocycles. The van der Waals surface area contributed by atoms with Crippen LogP contribution in [0.25, 0.3) is 0 Å². The second-order valence-electron chi connectivity index (χ2n) is 4.29. The lowest BCUT2D eigenvalue weighted by atomic mass is 10.2. The monoisotopic (exact) mass is 205 g/mol. The molecule has 2 aliphatic rings. The Morgan fingerprint density at radius 1 is 1.33 bits per heavy atom. The van der Waals surface area contributed by atoms with E-state index in [1.165, 1.54) is 12.8 Å². The molecule has 15 heavy (non-hydrogen) atoms. The van der Waals surface area contributed by atoms with Gasteiger partial charge in [0.05, 0.1) is 5.69 Å². The molecule has 1 aromatic heterocycles. The summed E-state index contributed by atoms with van der Waals surface area (Å²) in [5.74, 6) is 2.12. The summed E-state index contributed by atoms with van der Waals surface area (Å²) in [5, 5.41) is 6.47. The first-order valence-corrected chi connectivity index (χ1v) is 5.43. The summed E-state index contributed by atoms with van der Waals surface area (Å²) in [6.07, 6.45) is 2.66. The normalized spacial score (nSPS) is 18.9. The van der Waals surface area contributed by atoms with E-state index in [4.69, 9.17) is 5.73 Å². The highest BCUT2D eigenvalue weighted by Gasteiger charge is 2.22. The van der Waals surface area contributed by atoms with Gasteiger partial charge in [-0.25, -0.2) is 4.98 Å². The number of nitrogens with two attached hydrogens (primary N) is 1. The van der Waals surface area contributed by atoms with Crippen LogP contribution < -0.4 is 16.4 Å². The fourth-order valence-corrected chi connectivity index (χ4v) is 1.83. The molecular formula is C10H15N5. The summed E-state index contributed by atoms with van der Waals surface area (Å²) >= 11 is 0. The van der Waals surface area contributed by atoms with Crippen molar-refractivity contribution in [3.05, 3.63) is 11.3 Å². The van der Waals surface area contributed by atoms with Crippen molar-refractivity contribution < 1.29 is 0 Å². The van der Waals surface area contributed by atoms with Crippen molar-refractivity contribution in [1.82, 2.24) is 15.3 Å². The summed E-state index contributed by atoms with van der Waals surface area (Å²) < 4.78 is 0. The molecule has 4 N–H and O–H groups in total. The fraction of sp³-hybridized carbons (Fsp3) is 0.600. The van der Waals surface area contributed by atoms with E-state index in [1.54, 1.807) is 0 Å². The summed E-state index contributed by atoms with van der Waals surface area (Å²) in [7, 11) is 0. The largest absolute Gasteiger partial charge is 0.383 e. The third-order valence-corrected chi connectivity index (χ3v) is 2.96. The van der Waals surface area contributed by atoms with E-state index in [9.17, 15) is 0 Å². The van der Waals surface area contributed by atoms with Gasteiger partial charge < -0.3 is 16.4 Å². The Hall–Kier alpha value is -1.36. The van der Waals surface area contributed by atoms with Crippen LogP contribution in [-0.4, -0.2) is 16.5 Å². The number of nitrogens with one attached hydrogen (secondary N) is 2. The minimum absolute atomic E-state index is 0.614. The molecule has 1 aliphatic carbocycles. The molecule has 0 unspecified atom stereocenters. The maximum atomic E-state index is 5.86. The zero-order chi connectivity index (χ0) is 10.3. The van der Waals surface area contributed by atoms with Crippen LogP contribution in [0.3, 0.4) is 0 Å². The molecule has 2 heterocycles. The second-order valence-corrected chi connectivity index (χ2v) is 4.29. The number of rotatable bonds is 3. The van der Waals surface area contributed by atoms with E-state index in [0.29, 0.717) is 11.8 Å². The minimum atomic E-state index is 0.614. The molecule has 0 amide bonds. The van der Waals surface area contributed by atoms with Gasteiger partial charge in [0.2, 0.25) is 5.95 Å². The quantitative estimate of drug-likeness (QED) is 0.669. The number of aromatic nitrogens is 2. The number of hydrogen-bond donors (Lipinski definition) is 3. The van der Waals surface area contributed by atoms with Gasteiger partial charge in [-0.15, -0.1) is 0 Å². The molecule has 1 aromatic rings. The predicted octanol–water partition coefficient (Wildman–Crippen LogP) is 0.484. The van der Waals surface area contributed by atoms with Gasteiger partial charge in [0, 0.05) is 25.2 Å². The van der Waals surface area contributed by atoms with Crippen LogP contribution in [-0.2, 0) is 13.1 Å². The van der Waals surface area contributed by atoms with Gasteiger partial charge in [0.15, 0.2) is 0 Å². The van der Waals surface area contributed by atoms with Gasteiger partial charge in [0.1, 0.15) is 5.82 Å². The predicted molar refractivity (Wildman–Crippen MR) is 58.2 cm³/mol. The minimum Gasteiger partial charge on any atom is -0.383 e. The Labute approximate surface area is 88.5 Å². The lowest BCUT2D eigenvalue weighted by Crippen LogP contribution is -2.10. The lowest BCUT2D eigenvalue weighted by molar-refractivity contribution is 0.758. The zero-order valence-electron chi connectivity index (χ0n) is 8.58. The van der Waals surface area contributed by atoms with Crippen LogP contribution in [0.15, 0.2) is 0 Å². The third-order valence-electron chi connectivity index (χ3n) is 2.96. The maximum absolute atomic E-state index is 5.86. The van der Waals surface area contributed by atoms with E-state index < -0.39 is 0 Å². The topological polar surface area (TPSA) is 75.9 Å². The Bertz CT molecular complexity index is 386. The van der Waals surface area contributed by atoms with E-state index >= 15 is 0 Å². The van der Waals surface area contributed by atoms with Crippen LogP contribution in [0.2, 0.25) is 0 Å². The molecule has 1 aliphatic heterocycles. The summed E-state index contributed by atoms with van der Waals surface area (Å²) in [4.78, 5) is 8.71. The molecule has 3 rings (SSSR count). The van der Waals surface area contributed by atoms with Crippen molar-refractivity contribution >= 4 is 11.8 Å². The van der Waals surface area contributed by atoms with Crippen LogP contribution in [0.4, 0.5) is 11.8 Å². The first-order chi connectivity index (χ1) is 7.33. The van der Waals surface area contributed by atoms with E-state index in [0.717, 1.165) is 36.8 Å². The van der Waals surface area contributed by atoms with Crippen LogP contribution in [0, 0.1) is 5.92 Å². The highest BCUT2D eigenvalue weighted by molar-refractivity contribution is 5.48. The Morgan fingerprint density at radius 3 is 3.00 bits per heavy atom. The van der Waals surface area contributed by atoms with E-state index in [1.807, 2.05) is 0 Å². The fourth-order valence-electron chi connectivity index (χ4n) is 1.83. The average molecular weight is 205 g/mol. The second kappa shape index (κ2) is 3.34. The standard InChI is InChI=1S/C10H15N5/c11-9-7-4-12-5-8(7)14-10(15-9)13-3-6-1-2-6/h6,12H,1-5H2,(H3,11,13,14,15). The van der Waals surface area contributed by atoms with Gasteiger partial charge in [-0.05, 0) is 18.8 Å². The Balaban J connectivity index is 1.79. The van der Waals surface area contributed by atoms with Gasteiger partial charge in [-0.1, -0.05) is 0 Å². The summed E-state index contributed by atoms with van der Waals surface area (Å²) in [5.41, 5.74) is 7.97. The summed E-state index contributed by atoms with van der Waals surface area (Å²) in [6.45, 7) is 2.58. The molecule has 1 fully saturated rings. The van der Waals surface area contributed by atoms with Gasteiger partial charge >= 0.3 is 0 Å². The first-order valence-electron chi connectivity index (χ1n) is 5.43. The highest BCUT2D eigenvalue weighted by Crippen LogP contribution is 2.29. The lowest BCUT2D eigenvalue weighted by Gasteiger charge is -2.07. The van der Waals surface area contributed by atoms with Crippen molar-refractivity contribution in [2.24, 2.45) is 5.92 Å². The number of anilines is 2. The van der Waals surface area contributed by atoms with Crippen molar-refractivity contribution in [1.29, 1.82) is 0 Å². The molecule has 0 aromatic carbocycles. The zero-order valence-corrected chi connectivity index (χ0v) is 8.58. The molecule has 0 atom stereocenters. The maximum Gasteiger partial charge on any atom is 0.224 e. The third kappa shape index (κ3) is 1.74. The SMILES string of the molecule is Nc1nc(NCC2CC2)nc2c1CNC2. The molecule has 5 heteroatoms. The molecule has 0 saturated heterocycles. The van der Waals surface area contributed by atoms with Crippen molar-refractivity contribution in [2.45, 2.75) is 25.9 Å². The first kappa shape index (κ1) is 8.91. The summed E-state index contributed by atoms with van der Waals surface area (Å²) in [6, 6.07) is 0. The van der Waals surface area contributed by atoms with Crippen molar-refractivity contribution in [2.75, 3.05) is 17.6 Å². The molecule has 5 nitrogen and oxygen atoms in total. The number of fused-ring (bicyclic) bond motifs is 1. The molecule has 0 radical (unpaired) electrons. The van der Waals surface area contributed by atoms with Crippen LogP contribution in [0.5, 0.6) is 0 Å². The number of nitrogen functional groups attached to an aromatic ring is 1. The van der Waals surface area contributed by atoms with Gasteiger partial charge in [-0.2, -0.15) is 4.98 Å². The molecule has 0 bridgehead atoms. The van der Waals surface area contributed by atoms with Crippen molar-refractivity contribution in [3.8, 4) is 0 Å². The Morgan fingerprint density at radius 2 is 2.20 bits per heavy atom. The van der Waals surface area contributed by atoms with E-state index in [2.05, 4.69) is 20.6 Å². The average Bonchev–Trinajstić information content (AvgIpc) is 2.93. The smallest absolute Gasteiger partial charge is 0.224 e. The van der Waals surface area contributed by atoms with Crippen molar-refractivity contribution in [3.63, 3.8) is 0 Å². The van der Waals surface area contributed by atoms with Gasteiger partial charge in [-0.3, -0.25) is 0 Å². The Kier molecular flexibility index (Phi) is 1.98. The molecular weight excluding hydrogens is 190 g/mol. The van der Waals surface area contributed by atoms with Crippen LogP contribution >= 0.6 is 0 Å². The number of hydrogen-bond acceptors (Lipinski definition) is 5. The van der Waals surface area contributed by atoms with Crippen LogP contribution in [0.1, 0.15) is 24.1 Å². The van der Waals surface area contributed by atoms with E-state index in [-0.39, 0.29) is 0 Å².